The van der Waals surface area contributed by atoms with E-state index in [0.717, 1.165) is 11.1 Å². The summed E-state index contributed by atoms with van der Waals surface area (Å²) in [5, 5.41) is 3.80. The molecular formula is C27H28Cl2N2O3. The monoisotopic (exact) mass is 498 g/mol. The number of hydrogen-bond donors (Lipinski definition) is 1. The van der Waals surface area contributed by atoms with Gasteiger partial charge in [0.15, 0.2) is 6.61 Å². The van der Waals surface area contributed by atoms with Crippen molar-refractivity contribution >= 4 is 35.0 Å². The van der Waals surface area contributed by atoms with Gasteiger partial charge in [-0.2, -0.15) is 0 Å². The van der Waals surface area contributed by atoms with E-state index in [1.807, 2.05) is 68.4 Å². The first-order valence-electron chi connectivity index (χ1n) is 11.1. The Kier molecular flexibility index (Phi) is 9.37. The van der Waals surface area contributed by atoms with Crippen LogP contribution in [0.3, 0.4) is 0 Å². The van der Waals surface area contributed by atoms with Crippen molar-refractivity contribution in [3.05, 3.63) is 99.5 Å². The summed E-state index contributed by atoms with van der Waals surface area (Å²) in [5.74, 6) is 0.0695. The van der Waals surface area contributed by atoms with Crippen molar-refractivity contribution in [3.63, 3.8) is 0 Å². The zero-order valence-corrected chi connectivity index (χ0v) is 20.8. The number of hydrogen-bond acceptors (Lipinski definition) is 3. The number of carbonyl (C=O) groups excluding carboxylic acids is 2. The molecule has 7 heteroatoms. The smallest absolute Gasteiger partial charge is 0.261 e. The minimum absolute atomic E-state index is 0.139. The van der Waals surface area contributed by atoms with Gasteiger partial charge in [0.1, 0.15) is 11.8 Å². The number of nitrogens with one attached hydrogen (secondary N) is 1. The Balaban J connectivity index is 1.93. The van der Waals surface area contributed by atoms with Gasteiger partial charge in [-0.3, -0.25) is 9.59 Å². The maximum atomic E-state index is 13.5. The van der Waals surface area contributed by atoms with E-state index in [4.69, 9.17) is 27.9 Å². The number of halogens is 2. The molecule has 0 heterocycles. The van der Waals surface area contributed by atoms with Crippen LogP contribution in [-0.2, 0) is 22.6 Å². The first-order chi connectivity index (χ1) is 16.4. The minimum atomic E-state index is -0.748. The number of amides is 2. The number of rotatable bonds is 10. The summed E-state index contributed by atoms with van der Waals surface area (Å²) in [4.78, 5) is 28.2. The Morgan fingerprint density at radius 3 is 2.38 bits per heavy atom. The van der Waals surface area contributed by atoms with Crippen molar-refractivity contribution in [1.82, 2.24) is 10.2 Å². The van der Waals surface area contributed by atoms with E-state index in [1.54, 1.807) is 18.2 Å². The lowest BCUT2D eigenvalue weighted by Crippen LogP contribution is -2.51. The van der Waals surface area contributed by atoms with Crippen molar-refractivity contribution in [2.75, 3.05) is 13.2 Å². The summed E-state index contributed by atoms with van der Waals surface area (Å²) >= 11 is 12.5. The number of carbonyl (C=O) groups is 2. The summed E-state index contributed by atoms with van der Waals surface area (Å²) in [5.41, 5.74) is 2.56. The highest BCUT2D eigenvalue weighted by Crippen LogP contribution is 2.24. The normalized spacial score (nSPS) is 11.5. The van der Waals surface area contributed by atoms with Crippen molar-refractivity contribution < 1.29 is 14.3 Å². The predicted octanol–water partition coefficient (Wildman–Crippen LogP) is 5.46. The van der Waals surface area contributed by atoms with E-state index in [9.17, 15) is 9.59 Å². The average molecular weight is 499 g/mol. The standard InChI is InChI=1S/C27H28Cl2N2O3/c1-3-30-27(33)24(15-20-10-5-4-6-11-20)31(17-21-13-14-22(28)16-23(21)29)26(32)18-34-25-12-8-7-9-19(25)2/h4-14,16,24H,3,15,17-18H2,1-2H3,(H,30,33). The Morgan fingerprint density at radius 2 is 1.71 bits per heavy atom. The summed E-state index contributed by atoms with van der Waals surface area (Å²) < 4.78 is 5.83. The molecule has 2 amide bonds. The molecule has 0 spiro atoms. The van der Waals surface area contributed by atoms with Crippen LogP contribution in [0.25, 0.3) is 0 Å². The van der Waals surface area contributed by atoms with Gasteiger partial charge in [0.2, 0.25) is 5.91 Å². The number of para-hydroxylation sites is 1. The number of aryl methyl sites for hydroxylation is 1. The predicted molar refractivity (Wildman–Crippen MR) is 136 cm³/mol. The molecule has 0 fully saturated rings. The molecule has 178 valence electrons. The van der Waals surface area contributed by atoms with Crippen molar-refractivity contribution in [2.24, 2.45) is 0 Å². The van der Waals surface area contributed by atoms with Crippen LogP contribution in [0.15, 0.2) is 72.8 Å². The largest absolute Gasteiger partial charge is 0.484 e. The highest BCUT2D eigenvalue weighted by Gasteiger charge is 2.31. The molecule has 0 aliphatic carbocycles. The van der Waals surface area contributed by atoms with Gasteiger partial charge in [0.25, 0.3) is 5.91 Å². The van der Waals surface area contributed by atoms with Gasteiger partial charge in [-0.25, -0.2) is 0 Å². The minimum Gasteiger partial charge on any atom is -0.484 e. The van der Waals surface area contributed by atoms with Crippen LogP contribution in [0.5, 0.6) is 5.75 Å². The van der Waals surface area contributed by atoms with Gasteiger partial charge in [-0.1, -0.05) is 77.8 Å². The average Bonchev–Trinajstić information content (AvgIpc) is 2.82. The second kappa shape index (κ2) is 12.4. The highest BCUT2D eigenvalue weighted by molar-refractivity contribution is 6.35. The Labute approximate surface area is 210 Å². The van der Waals surface area contributed by atoms with Gasteiger partial charge in [0.05, 0.1) is 0 Å². The lowest BCUT2D eigenvalue weighted by atomic mass is 10.0. The van der Waals surface area contributed by atoms with Gasteiger partial charge in [-0.15, -0.1) is 0 Å². The van der Waals surface area contributed by atoms with E-state index in [-0.39, 0.29) is 25.0 Å². The van der Waals surface area contributed by atoms with Crippen LogP contribution in [0.2, 0.25) is 10.0 Å². The molecule has 0 aromatic heterocycles. The maximum Gasteiger partial charge on any atom is 0.261 e. The fourth-order valence-corrected chi connectivity index (χ4v) is 4.09. The van der Waals surface area contributed by atoms with Crippen molar-refractivity contribution in [1.29, 1.82) is 0 Å². The molecule has 0 aliphatic rings. The molecule has 0 saturated carbocycles. The molecule has 1 atom stereocenters. The van der Waals surface area contributed by atoms with Crippen LogP contribution >= 0.6 is 23.2 Å². The molecule has 5 nitrogen and oxygen atoms in total. The number of likely N-dealkylation sites (N-methyl/N-ethyl adjacent to an activating group) is 1. The van der Waals surface area contributed by atoms with Crippen LogP contribution in [0, 0.1) is 6.92 Å². The quantitative estimate of drug-likeness (QED) is 0.403. The second-order valence-corrected chi connectivity index (χ2v) is 8.76. The highest BCUT2D eigenvalue weighted by atomic mass is 35.5. The molecule has 1 unspecified atom stereocenters. The summed E-state index contributed by atoms with van der Waals surface area (Å²) in [7, 11) is 0. The third kappa shape index (κ3) is 6.99. The Hall–Kier alpha value is -3.02. The summed E-state index contributed by atoms with van der Waals surface area (Å²) in [6, 6.07) is 21.5. The third-order valence-electron chi connectivity index (χ3n) is 5.42. The van der Waals surface area contributed by atoms with E-state index in [2.05, 4.69) is 5.32 Å². The van der Waals surface area contributed by atoms with Crippen LogP contribution in [0.4, 0.5) is 0 Å². The Morgan fingerprint density at radius 1 is 1.00 bits per heavy atom. The molecule has 0 bridgehead atoms. The topological polar surface area (TPSA) is 58.6 Å². The van der Waals surface area contributed by atoms with Crippen LogP contribution < -0.4 is 10.1 Å². The summed E-state index contributed by atoms with van der Waals surface area (Å²) in [6.07, 6.45) is 0.355. The molecular weight excluding hydrogens is 471 g/mol. The van der Waals surface area contributed by atoms with Crippen molar-refractivity contribution in [2.45, 2.75) is 32.9 Å². The summed E-state index contributed by atoms with van der Waals surface area (Å²) in [6.45, 7) is 4.15. The van der Waals surface area contributed by atoms with E-state index < -0.39 is 6.04 Å². The molecule has 3 aromatic carbocycles. The van der Waals surface area contributed by atoms with Crippen molar-refractivity contribution in [3.8, 4) is 5.75 Å². The van der Waals surface area contributed by atoms with Crippen LogP contribution in [-0.4, -0.2) is 35.9 Å². The van der Waals surface area contributed by atoms with E-state index >= 15 is 0 Å². The second-order valence-electron chi connectivity index (χ2n) is 7.91. The number of ether oxygens (including phenoxy) is 1. The molecule has 0 saturated heterocycles. The van der Waals surface area contributed by atoms with Crippen LogP contribution in [0.1, 0.15) is 23.6 Å². The zero-order valence-electron chi connectivity index (χ0n) is 19.3. The van der Waals surface area contributed by atoms with E-state index in [1.165, 1.54) is 4.90 Å². The fourth-order valence-electron chi connectivity index (χ4n) is 3.62. The van der Waals surface area contributed by atoms with Gasteiger partial charge in [0, 0.05) is 29.6 Å². The zero-order chi connectivity index (χ0) is 24.5. The molecule has 0 radical (unpaired) electrons. The molecule has 34 heavy (non-hydrogen) atoms. The van der Waals surface area contributed by atoms with Gasteiger partial charge >= 0.3 is 0 Å². The molecule has 3 rings (SSSR count). The third-order valence-corrected chi connectivity index (χ3v) is 6.01. The molecule has 1 N–H and O–H groups in total. The number of nitrogens with zero attached hydrogens (tertiary/aromatic N) is 1. The first kappa shape index (κ1) is 25.6. The van der Waals surface area contributed by atoms with Gasteiger partial charge < -0.3 is 15.0 Å². The maximum absolute atomic E-state index is 13.5. The molecule has 0 aliphatic heterocycles. The number of benzene rings is 3. The molecule has 3 aromatic rings. The van der Waals surface area contributed by atoms with E-state index in [0.29, 0.717) is 34.3 Å². The lowest BCUT2D eigenvalue weighted by Gasteiger charge is -2.31. The lowest BCUT2D eigenvalue weighted by molar-refractivity contribution is -0.142. The SMILES string of the molecule is CCNC(=O)C(Cc1ccccc1)N(Cc1ccc(Cl)cc1Cl)C(=O)COc1ccccc1C. The van der Waals surface area contributed by atoms with Gasteiger partial charge in [-0.05, 0) is 48.7 Å². The fraction of sp³-hybridized carbons (Fsp3) is 0.259. The Bertz CT molecular complexity index is 1120. The first-order valence-corrected chi connectivity index (χ1v) is 11.9.